The summed E-state index contributed by atoms with van der Waals surface area (Å²) in [7, 11) is 3.11. The maximum Gasteiger partial charge on any atom is 0.333 e. The number of nitrogens with zero attached hydrogens (tertiary/aromatic N) is 6. The highest BCUT2D eigenvalue weighted by Gasteiger charge is 2.52. The second-order valence-corrected chi connectivity index (χ2v) is 8.04. The molecule has 3 amide bonds. The molecule has 3 aliphatic heterocycles. The molecule has 1 aromatic rings. The van der Waals surface area contributed by atoms with Gasteiger partial charge in [-0.15, -0.1) is 0 Å². The second-order valence-electron chi connectivity index (χ2n) is 8.04. The molecule has 0 radical (unpaired) electrons. The zero-order chi connectivity index (χ0) is 22.1. The molecule has 4 rings (SSSR count). The molecule has 1 atom stereocenters. The van der Waals surface area contributed by atoms with Crippen LogP contribution in [0, 0.1) is 5.82 Å². The molecule has 2 fully saturated rings. The van der Waals surface area contributed by atoms with Crippen LogP contribution in [0.3, 0.4) is 0 Å². The fourth-order valence-electron chi connectivity index (χ4n) is 4.29. The molecule has 31 heavy (non-hydrogen) atoms. The van der Waals surface area contributed by atoms with Crippen molar-refractivity contribution in [3.63, 3.8) is 0 Å². The molecular formula is C21H28FN6O3+. The fraction of sp³-hybridized carbons (Fsp3) is 0.524. The lowest BCUT2D eigenvalue weighted by atomic mass is 10.1. The molecule has 0 bridgehead atoms. The van der Waals surface area contributed by atoms with Crippen LogP contribution in [0.1, 0.15) is 6.42 Å². The van der Waals surface area contributed by atoms with Crippen molar-refractivity contribution in [2.75, 3.05) is 64.9 Å². The molecule has 3 heterocycles. The predicted octanol–water partition coefficient (Wildman–Crippen LogP) is 0.0456. The summed E-state index contributed by atoms with van der Waals surface area (Å²) < 4.78 is 15.1. The summed E-state index contributed by atoms with van der Waals surface area (Å²) in [6, 6.07) is 5.50. The Morgan fingerprint density at radius 1 is 1.10 bits per heavy atom. The first-order chi connectivity index (χ1) is 14.9. The van der Waals surface area contributed by atoms with Gasteiger partial charge in [0.25, 0.3) is 17.8 Å². The number of aliphatic hydroxyl groups is 1. The minimum absolute atomic E-state index is 0.0149. The second kappa shape index (κ2) is 8.72. The van der Waals surface area contributed by atoms with Crippen molar-refractivity contribution in [2.45, 2.75) is 12.5 Å². The number of urea groups is 1. The van der Waals surface area contributed by atoms with Crippen molar-refractivity contribution in [2.24, 2.45) is 4.99 Å². The van der Waals surface area contributed by atoms with E-state index >= 15 is 0 Å². The molecule has 2 saturated heterocycles. The van der Waals surface area contributed by atoms with Gasteiger partial charge in [0.05, 0.1) is 6.54 Å². The number of rotatable bonds is 6. The number of likely N-dealkylation sites (N-methyl/N-ethyl adjacent to an activating group) is 2. The van der Waals surface area contributed by atoms with Crippen LogP contribution in [0.15, 0.2) is 29.3 Å². The van der Waals surface area contributed by atoms with Crippen molar-refractivity contribution in [1.29, 1.82) is 0 Å². The number of hydrogen-bond acceptors (Lipinski definition) is 6. The summed E-state index contributed by atoms with van der Waals surface area (Å²) in [6.07, 6.45) is 0.510. The van der Waals surface area contributed by atoms with E-state index in [-0.39, 0.29) is 18.3 Å². The highest BCUT2D eigenvalue weighted by molar-refractivity contribution is 6.23. The largest absolute Gasteiger partial charge is 0.396 e. The van der Waals surface area contributed by atoms with Gasteiger partial charge >= 0.3 is 11.9 Å². The van der Waals surface area contributed by atoms with E-state index in [9.17, 15) is 19.1 Å². The highest BCUT2D eigenvalue weighted by Crippen LogP contribution is 2.21. The summed E-state index contributed by atoms with van der Waals surface area (Å²) in [6.45, 7) is 4.26. The lowest BCUT2D eigenvalue weighted by Gasteiger charge is -2.35. The number of carbonyl (C=O) groups excluding carboxylic acids is 2. The quantitative estimate of drug-likeness (QED) is 0.644. The van der Waals surface area contributed by atoms with Crippen molar-refractivity contribution in [1.82, 2.24) is 14.7 Å². The third-order valence-electron chi connectivity index (χ3n) is 6.10. The monoisotopic (exact) mass is 431 g/mol. The Bertz CT molecular complexity index is 924. The van der Waals surface area contributed by atoms with E-state index < -0.39 is 12.1 Å². The summed E-state index contributed by atoms with van der Waals surface area (Å²) in [5.41, 5.74) is 0.999. The molecular weight excluding hydrogens is 403 g/mol. The highest BCUT2D eigenvalue weighted by atomic mass is 19.1. The topological polar surface area (TPSA) is 82.7 Å². The summed E-state index contributed by atoms with van der Waals surface area (Å²) in [4.78, 5) is 36.9. The number of amidine groups is 2. The van der Waals surface area contributed by atoms with E-state index in [0.29, 0.717) is 25.3 Å². The van der Waals surface area contributed by atoms with Gasteiger partial charge in [0, 0.05) is 59.0 Å². The van der Waals surface area contributed by atoms with Crippen LogP contribution in [-0.2, 0) is 4.79 Å². The summed E-state index contributed by atoms with van der Waals surface area (Å²) in [5.74, 6) is 0.654. The first-order valence-electron chi connectivity index (χ1n) is 10.5. The third kappa shape index (κ3) is 4.05. The van der Waals surface area contributed by atoms with Gasteiger partial charge in [0.15, 0.2) is 0 Å². The Hall–Kier alpha value is -2.85. The zero-order valence-corrected chi connectivity index (χ0v) is 17.9. The van der Waals surface area contributed by atoms with E-state index in [0.717, 1.165) is 42.6 Å². The Morgan fingerprint density at radius 3 is 2.42 bits per heavy atom. The lowest BCUT2D eigenvalue weighted by Crippen LogP contribution is -2.61. The number of halogens is 1. The standard InChI is InChI=1S/C21H28FN6O3/c1-24-19-18(20(30)25(2)21(24)31)28(8-3-13-29)17(23-19)14-26-9-11-27(12-10-26)16-6-4-15(22)5-7-16/h4-7,18,29H,3,8-14H2,1-2H3/q+1. The number of benzene rings is 1. The van der Waals surface area contributed by atoms with E-state index in [2.05, 4.69) is 14.8 Å². The molecule has 0 aromatic heterocycles. The molecule has 166 valence electrons. The number of aliphatic hydroxyl groups excluding tert-OH is 1. The van der Waals surface area contributed by atoms with E-state index in [1.807, 2.05) is 4.58 Å². The van der Waals surface area contributed by atoms with Gasteiger partial charge in [-0.25, -0.2) is 13.8 Å². The molecule has 1 aromatic carbocycles. The van der Waals surface area contributed by atoms with Crippen LogP contribution in [0.4, 0.5) is 14.9 Å². The maximum atomic E-state index is 13.2. The normalized spacial score (nSPS) is 22.4. The van der Waals surface area contributed by atoms with Crippen LogP contribution < -0.4 is 4.90 Å². The Kier molecular flexibility index (Phi) is 6.01. The third-order valence-corrected chi connectivity index (χ3v) is 6.10. The molecule has 0 saturated carbocycles. The van der Waals surface area contributed by atoms with Gasteiger partial charge in [-0.05, 0) is 29.3 Å². The van der Waals surface area contributed by atoms with Crippen LogP contribution in [0.2, 0.25) is 0 Å². The molecule has 1 unspecified atom stereocenters. The van der Waals surface area contributed by atoms with E-state index in [1.54, 1.807) is 19.2 Å². The van der Waals surface area contributed by atoms with Gasteiger partial charge in [0.1, 0.15) is 12.4 Å². The fourth-order valence-corrected chi connectivity index (χ4v) is 4.29. The predicted molar refractivity (Wildman–Crippen MR) is 114 cm³/mol. The lowest BCUT2D eigenvalue weighted by molar-refractivity contribution is -0.537. The summed E-state index contributed by atoms with van der Waals surface area (Å²) >= 11 is 0. The number of piperazine rings is 1. The zero-order valence-electron chi connectivity index (χ0n) is 17.9. The maximum absolute atomic E-state index is 13.2. The van der Waals surface area contributed by atoms with Crippen molar-refractivity contribution in [3.05, 3.63) is 30.1 Å². The number of aliphatic imine (C=N–C) groups is 1. The summed E-state index contributed by atoms with van der Waals surface area (Å²) in [5, 5.41) is 9.32. The minimum Gasteiger partial charge on any atom is -0.396 e. The Labute approximate surface area is 180 Å². The average Bonchev–Trinajstić information content (AvgIpc) is 3.14. The van der Waals surface area contributed by atoms with Gasteiger partial charge in [0.2, 0.25) is 0 Å². The minimum atomic E-state index is -0.630. The number of fused-ring (bicyclic) bond motifs is 1. The van der Waals surface area contributed by atoms with E-state index in [1.165, 1.54) is 24.1 Å². The van der Waals surface area contributed by atoms with Crippen molar-refractivity contribution in [3.8, 4) is 0 Å². The van der Waals surface area contributed by atoms with Crippen LogP contribution in [0.5, 0.6) is 0 Å². The SMILES string of the molecule is CN1C(=O)C2C(=NC(CN3CCN(c4ccc(F)cc4)CC3)=[N+]2CCCO)N(C)C1=O. The number of amides is 3. The van der Waals surface area contributed by atoms with E-state index in [4.69, 9.17) is 0 Å². The number of imide groups is 1. The first-order valence-corrected chi connectivity index (χ1v) is 10.5. The molecule has 1 N–H and O–H groups in total. The van der Waals surface area contributed by atoms with Gasteiger partial charge in [-0.1, -0.05) is 0 Å². The average molecular weight is 431 g/mol. The van der Waals surface area contributed by atoms with Crippen LogP contribution >= 0.6 is 0 Å². The Balaban J connectivity index is 1.49. The molecule has 9 nitrogen and oxygen atoms in total. The molecule has 10 heteroatoms. The van der Waals surface area contributed by atoms with Gasteiger partial charge < -0.3 is 10.0 Å². The molecule has 0 spiro atoms. The number of anilines is 1. The smallest absolute Gasteiger partial charge is 0.333 e. The van der Waals surface area contributed by atoms with Crippen LogP contribution in [-0.4, -0.2) is 114 Å². The molecule has 3 aliphatic rings. The van der Waals surface area contributed by atoms with Gasteiger partial charge in [-0.2, -0.15) is 0 Å². The molecule has 0 aliphatic carbocycles. The van der Waals surface area contributed by atoms with Crippen molar-refractivity contribution < 1.29 is 23.7 Å². The number of hydrogen-bond donors (Lipinski definition) is 1. The van der Waals surface area contributed by atoms with Gasteiger partial charge in [-0.3, -0.25) is 19.5 Å². The van der Waals surface area contributed by atoms with Crippen LogP contribution in [0.25, 0.3) is 0 Å². The van der Waals surface area contributed by atoms with Crippen molar-refractivity contribution >= 4 is 29.3 Å². The number of carbonyl (C=O) groups is 2. The first kappa shape index (κ1) is 21.4. The Morgan fingerprint density at radius 2 is 1.77 bits per heavy atom.